The van der Waals surface area contributed by atoms with Gasteiger partial charge in [-0.1, -0.05) is 12.1 Å². The van der Waals surface area contributed by atoms with Crippen molar-refractivity contribution < 1.29 is 17.9 Å². The fraction of sp³-hybridized carbons (Fsp3) is 0.464. The summed E-state index contributed by atoms with van der Waals surface area (Å²) >= 11 is 0. The quantitative estimate of drug-likeness (QED) is 0.377. The Balaban J connectivity index is 1.43. The second-order valence-electron chi connectivity index (χ2n) is 11.2. The molecule has 0 unspecified atom stereocenters. The molecule has 2 saturated carbocycles. The number of halogens is 3. The van der Waals surface area contributed by atoms with Crippen LogP contribution in [0.2, 0.25) is 0 Å². The molecule has 2 aliphatic rings. The zero-order valence-electron chi connectivity index (χ0n) is 22.1. The normalized spacial score (nSPS) is 22.6. The van der Waals surface area contributed by atoms with Crippen molar-refractivity contribution in [2.75, 3.05) is 7.11 Å². The summed E-state index contributed by atoms with van der Waals surface area (Å²) in [5.41, 5.74) is -0.309. The van der Waals surface area contributed by atoms with Crippen molar-refractivity contribution in [3.05, 3.63) is 82.1 Å². The second kappa shape index (κ2) is 9.06. The molecule has 3 aromatic heterocycles. The molecule has 11 heteroatoms. The highest BCUT2D eigenvalue weighted by atomic mass is 19.4. The Morgan fingerprint density at radius 2 is 1.95 bits per heavy atom. The maximum absolute atomic E-state index is 14.2. The first-order chi connectivity index (χ1) is 18.5. The average Bonchev–Trinajstić information content (AvgIpc) is 3.44. The number of aryl methyl sites for hydroxylation is 1. The van der Waals surface area contributed by atoms with Gasteiger partial charge in [-0.3, -0.25) is 8.97 Å². The number of imidazole rings is 1. The fourth-order valence-corrected chi connectivity index (χ4v) is 6.05. The largest absolute Gasteiger partial charge is 0.418 e. The number of hydrogen-bond donors (Lipinski definition) is 1. The lowest BCUT2D eigenvalue weighted by Crippen LogP contribution is -2.48. The molecule has 3 heterocycles. The first-order valence-electron chi connectivity index (χ1n) is 13.1. The molecular formula is C28H31F3N6O2. The average molecular weight is 541 g/mol. The van der Waals surface area contributed by atoms with Crippen LogP contribution >= 0.6 is 0 Å². The molecule has 0 spiro atoms. The van der Waals surface area contributed by atoms with Gasteiger partial charge in [0.05, 0.1) is 28.3 Å². The van der Waals surface area contributed by atoms with Crippen molar-refractivity contribution in [3.63, 3.8) is 0 Å². The summed E-state index contributed by atoms with van der Waals surface area (Å²) in [4.78, 5) is 13.5. The van der Waals surface area contributed by atoms with Crippen LogP contribution in [-0.2, 0) is 29.9 Å². The van der Waals surface area contributed by atoms with Crippen LogP contribution in [0.5, 0.6) is 0 Å². The number of hydrogen-bond acceptors (Lipinski definition) is 5. The van der Waals surface area contributed by atoms with Gasteiger partial charge in [0.15, 0.2) is 0 Å². The van der Waals surface area contributed by atoms with E-state index in [9.17, 15) is 18.0 Å². The molecule has 2 aliphatic carbocycles. The first kappa shape index (κ1) is 25.8. The Labute approximate surface area is 223 Å². The Morgan fingerprint density at radius 1 is 1.18 bits per heavy atom. The molecule has 6 rings (SSSR count). The van der Waals surface area contributed by atoms with E-state index in [0.29, 0.717) is 24.1 Å². The third kappa shape index (κ3) is 4.28. The standard InChI is InChI=1S/C28H31F3N6O2/c1-26(8-5-9-26)32-14-18-10-22(28(29,30)31)23-16-36(25(38)37(23)15-18)20-7-4-6-19(11-20)27(12-21(13-27)39-3)24-34-33-17-35(24)2/h4,6-7,10-11,15-17,21,32H,5,8-9,12-14H2,1-3H3. The van der Waals surface area contributed by atoms with Crippen molar-refractivity contribution in [1.82, 2.24) is 29.0 Å². The Bertz CT molecular complexity index is 1590. The van der Waals surface area contributed by atoms with Crippen LogP contribution in [0, 0.1) is 0 Å². The van der Waals surface area contributed by atoms with E-state index in [1.54, 1.807) is 19.5 Å². The molecule has 2 fully saturated rings. The van der Waals surface area contributed by atoms with Gasteiger partial charge >= 0.3 is 11.9 Å². The number of aromatic nitrogens is 5. The summed E-state index contributed by atoms with van der Waals surface area (Å²) in [6.07, 6.45) is 4.29. The lowest BCUT2D eigenvalue weighted by atomic mass is 9.62. The zero-order chi connectivity index (χ0) is 27.6. The molecule has 206 valence electrons. The molecule has 39 heavy (non-hydrogen) atoms. The Morgan fingerprint density at radius 3 is 2.56 bits per heavy atom. The number of ether oxygens (including phenoxy) is 1. The number of benzene rings is 1. The van der Waals surface area contributed by atoms with Crippen molar-refractivity contribution in [1.29, 1.82) is 0 Å². The number of nitrogens with zero attached hydrogens (tertiary/aromatic N) is 5. The van der Waals surface area contributed by atoms with Gasteiger partial charge in [-0.2, -0.15) is 13.2 Å². The van der Waals surface area contributed by atoms with Crippen molar-refractivity contribution >= 4 is 5.52 Å². The maximum atomic E-state index is 14.2. The van der Waals surface area contributed by atoms with E-state index in [4.69, 9.17) is 4.74 Å². The minimum Gasteiger partial charge on any atom is -0.381 e. The van der Waals surface area contributed by atoms with Crippen molar-refractivity contribution in [2.24, 2.45) is 7.05 Å². The molecule has 8 nitrogen and oxygen atoms in total. The molecule has 0 saturated heterocycles. The molecular weight excluding hydrogens is 509 g/mol. The van der Waals surface area contributed by atoms with Crippen LogP contribution in [0.25, 0.3) is 11.2 Å². The molecule has 1 aromatic carbocycles. The SMILES string of the molecule is COC1CC(c2cccc(-n3cc4c(C(F)(F)F)cc(CNC5(C)CCC5)cn4c3=O)c2)(c2nncn2C)C1. The van der Waals surface area contributed by atoms with Gasteiger partial charge in [-0.05, 0) is 68.4 Å². The Hall–Kier alpha value is -3.44. The topological polar surface area (TPSA) is 78.4 Å². The first-order valence-corrected chi connectivity index (χ1v) is 13.1. The molecule has 0 bridgehead atoms. The maximum Gasteiger partial charge on any atom is 0.418 e. The number of nitrogens with one attached hydrogen (secondary N) is 1. The van der Waals surface area contributed by atoms with Crippen molar-refractivity contribution in [3.8, 4) is 5.69 Å². The van der Waals surface area contributed by atoms with Crippen LogP contribution in [0.4, 0.5) is 13.2 Å². The summed E-state index contributed by atoms with van der Waals surface area (Å²) < 4.78 is 52.3. The highest BCUT2D eigenvalue weighted by Gasteiger charge is 2.50. The Kier molecular flexibility index (Phi) is 5.99. The van der Waals surface area contributed by atoms with Crippen LogP contribution in [-0.4, -0.2) is 42.5 Å². The summed E-state index contributed by atoms with van der Waals surface area (Å²) in [7, 11) is 3.55. The van der Waals surface area contributed by atoms with Gasteiger partial charge in [0, 0.05) is 38.6 Å². The highest BCUT2D eigenvalue weighted by Crippen LogP contribution is 2.49. The number of methoxy groups -OCH3 is 1. The molecule has 0 amide bonds. The minimum absolute atomic E-state index is 0.0497. The lowest BCUT2D eigenvalue weighted by molar-refractivity contribution is -0.136. The molecule has 0 aliphatic heterocycles. The van der Waals surface area contributed by atoms with Gasteiger partial charge in [0.25, 0.3) is 0 Å². The van der Waals surface area contributed by atoms with Crippen LogP contribution in [0.3, 0.4) is 0 Å². The van der Waals surface area contributed by atoms with E-state index < -0.39 is 22.8 Å². The van der Waals surface area contributed by atoms with Gasteiger partial charge in [0.1, 0.15) is 12.2 Å². The zero-order valence-corrected chi connectivity index (χ0v) is 22.1. The van der Waals surface area contributed by atoms with E-state index in [1.807, 2.05) is 29.8 Å². The molecule has 0 atom stereocenters. The fourth-order valence-electron chi connectivity index (χ4n) is 6.05. The summed E-state index contributed by atoms with van der Waals surface area (Å²) in [6.45, 7) is 2.32. The molecule has 1 N–H and O–H groups in total. The van der Waals surface area contributed by atoms with Gasteiger partial charge in [-0.25, -0.2) is 4.79 Å². The molecule has 4 aromatic rings. The monoisotopic (exact) mass is 540 g/mol. The number of rotatable bonds is 7. The third-order valence-electron chi connectivity index (χ3n) is 8.61. The summed E-state index contributed by atoms with van der Waals surface area (Å²) in [6, 6.07) is 8.50. The summed E-state index contributed by atoms with van der Waals surface area (Å²) in [5.74, 6) is 0.777. The van der Waals surface area contributed by atoms with Gasteiger partial charge in [0.2, 0.25) is 0 Å². The van der Waals surface area contributed by atoms with Crippen LogP contribution < -0.4 is 11.0 Å². The highest BCUT2D eigenvalue weighted by molar-refractivity contribution is 5.58. The predicted molar refractivity (Wildman–Crippen MR) is 139 cm³/mol. The number of alkyl halides is 3. The van der Waals surface area contributed by atoms with Crippen LogP contribution in [0.1, 0.15) is 61.5 Å². The summed E-state index contributed by atoms with van der Waals surface area (Å²) in [5, 5.41) is 11.8. The third-order valence-corrected chi connectivity index (χ3v) is 8.61. The van der Waals surface area contributed by atoms with E-state index in [-0.39, 0.29) is 23.7 Å². The smallest absolute Gasteiger partial charge is 0.381 e. The minimum atomic E-state index is -4.61. The van der Waals surface area contributed by atoms with E-state index in [0.717, 1.165) is 41.1 Å². The van der Waals surface area contributed by atoms with E-state index >= 15 is 0 Å². The predicted octanol–water partition coefficient (Wildman–Crippen LogP) is 4.36. The second-order valence-corrected chi connectivity index (χ2v) is 11.2. The van der Waals surface area contributed by atoms with Gasteiger partial charge in [-0.15, -0.1) is 10.2 Å². The van der Waals surface area contributed by atoms with Crippen LogP contribution in [0.15, 0.2) is 53.8 Å². The number of fused-ring (bicyclic) bond motifs is 1. The number of pyridine rings is 1. The van der Waals surface area contributed by atoms with E-state index in [1.165, 1.54) is 17.0 Å². The lowest BCUT2D eigenvalue weighted by Gasteiger charge is -2.46. The molecule has 0 radical (unpaired) electrons. The van der Waals surface area contributed by atoms with E-state index in [2.05, 4.69) is 22.4 Å². The van der Waals surface area contributed by atoms with Crippen molar-refractivity contribution in [2.45, 2.75) is 68.8 Å². The van der Waals surface area contributed by atoms with Gasteiger partial charge < -0.3 is 14.6 Å².